The fourth-order valence-corrected chi connectivity index (χ4v) is 10.0. The van der Waals surface area contributed by atoms with E-state index in [1.165, 1.54) is 18.9 Å². The molecule has 0 aliphatic carbocycles. The highest BCUT2D eigenvalue weighted by Gasteiger charge is 2.43. The van der Waals surface area contributed by atoms with Crippen LogP contribution in [0, 0.1) is 5.41 Å². The van der Waals surface area contributed by atoms with Crippen molar-refractivity contribution in [2.75, 3.05) is 14.1 Å². The van der Waals surface area contributed by atoms with Crippen molar-refractivity contribution in [3.05, 3.63) is 41.0 Å². The molecule has 2 unspecified atom stereocenters. The highest BCUT2D eigenvalue weighted by Crippen LogP contribution is 2.46. The van der Waals surface area contributed by atoms with Crippen molar-refractivity contribution in [3.8, 4) is 0 Å². The smallest absolute Gasteiger partial charge is 0.0914 e. The number of hydrogen-bond donors (Lipinski definition) is 0. The van der Waals surface area contributed by atoms with Crippen LogP contribution in [0.3, 0.4) is 0 Å². The third-order valence-corrected chi connectivity index (χ3v) is 11.0. The van der Waals surface area contributed by atoms with Gasteiger partial charge in [-0.2, -0.15) is 0 Å². The Hall–Kier alpha value is -0.863. The molecule has 1 aromatic carbocycles. The van der Waals surface area contributed by atoms with Gasteiger partial charge in [-0.1, -0.05) is 67.9 Å². The molecule has 2 rings (SSSR count). The van der Waals surface area contributed by atoms with Crippen LogP contribution < -0.4 is 5.19 Å². The van der Waals surface area contributed by atoms with E-state index in [4.69, 9.17) is 0 Å². The Kier molecular flexibility index (Phi) is 5.82. The molecule has 1 aromatic rings. The van der Waals surface area contributed by atoms with Crippen molar-refractivity contribution in [3.63, 3.8) is 0 Å². The summed E-state index contributed by atoms with van der Waals surface area (Å²) in [6, 6.07) is 10.6. The van der Waals surface area contributed by atoms with Crippen LogP contribution in [-0.4, -0.2) is 27.1 Å². The molecule has 134 valence electrons. The predicted molar refractivity (Wildman–Crippen MR) is 111 cm³/mol. The Morgan fingerprint density at radius 2 is 1.71 bits per heavy atom. The van der Waals surface area contributed by atoms with E-state index in [1.807, 2.05) is 0 Å². The average Bonchev–Trinajstić information content (AvgIpc) is 2.43. The van der Waals surface area contributed by atoms with Crippen LogP contribution in [0.5, 0.6) is 0 Å². The maximum atomic E-state index is 2.66. The van der Waals surface area contributed by atoms with Gasteiger partial charge in [0.2, 0.25) is 0 Å². The second-order valence-corrected chi connectivity index (χ2v) is 14.3. The molecule has 2 heteroatoms. The minimum Gasteiger partial charge on any atom is -0.305 e. The summed E-state index contributed by atoms with van der Waals surface area (Å²) in [6.07, 6.45) is 2.65. The normalized spacial score (nSPS) is 25.5. The summed E-state index contributed by atoms with van der Waals surface area (Å²) in [4.78, 5) is 2.31. The average molecular weight is 344 g/mol. The van der Waals surface area contributed by atoms with Crippen LogP contribution in [0.1, 0.15) is 53.0 Å². The predicted octanol–water partition coefficient (Wildman–Crippen LogP) is 5.58. The van der Waals surface area contributed by atoms with Crippen molar-refractivity contribution in [2.45, 2.75) is 72.1 Å². The fraction of sp³-hybridized carbons (Fsp3) is 0.636. The molecule has 1 aliphatic rings. The molecular formula is C22H37NSi. The number of rotatable bonds is 4. The number of nitrogens with zero attached hydrogens (tertiary/aromatic N) is 1. The van der Waals surface area contributed by atoms with Gasteiger partial charge >= 0.3 is 0 Å². The molecule has 1 heterocycles. The van der Waals surface area contributed by atoms with E-state index < -0.39 is 8.07 Å². The summed E-state index contributed by atoms with van der Waals surface area (Å²) in [5, 5.41) is 1.71. The maximum absolute atomic E-state index is 2.66. The molecule has 0 bridgehead atoms. The van der Waals surface area contributed by atoms with Gasteiger partial charge in [0.15, 0.2) is 0 Å². The minimum atomic E-state index is -1.55. The molecule has 0 spiro atoms. The molecule has 0 saturated carbocycles. The van der Waals surface area contributed by atoms with Crippen molar-refractivity contribution in [2.24, 2.45) is 5.41 Å². The van der Waals surface area contributed by atoms with Gasteiger partial charge in [0.1, 0.15) is 0 Å². The zero-order valence-electron chi connectivity index (χ0n) is 17.2. The number of benzene rings is 1. The topological polar surface area (TPSA) is 3.24 Å². The molecular weight excluding hydrogens is 306 g/mol. The standard InChI is InChI=1S/C22H37NSi/c1-17-13-20(14-22(3,4)5)24(8,16-18(17)2)21-12-10-9-11-19(21)15-23(6)7/h9-12,20H,13-16H2,1-8H3. The Bertz CT molecular complexity index is 609. The SMILES string of the molecule is CC1=C(C)C[Si](C)(c2ccccc2CN(C)C)C(CC(C)(C)C)C1. The first-order valence-corrected chi connectivity index (χ1v) is 12.2. The summed E-state index contributed by atoms with van der Waals surface area (Å²) in [5.41, 5.74) is 6.13. The van der Waals surface area contributed by atoms with Crippen molar-refractivity contribution in [1.82, 2.24) is 4.90 Å². The fourth-order valence-electron chi connectivity index (χ4n) is 4.52. The van der Waals surface area contributed by atoms with Crippen LogP contribution in [-0.2, 0) is 6.54 Å². The zero-order valence-corrected chi connectivity index (χ0v) is 18.2. The van der Waals surface area contributed by atoms with E-state index >= 15 is 0 Å². The van der Waals surface area contributed by atoms with Gasteiger partial charge in [-0.15, -0.1) is 0 Å². The van der Waals surface area contributed by atoms with E-state index in [2.05, 4.69) is 84.4 Å². The van der Waals surface area contributed by atoms with Crippen molar-refractivity contribution < 1.29 is 0 Å². The third kappa shape index (κ3) is 4.40. The summed E-state index contributed by atoms with van der Waals surface area (Å²) >= 11 is 0. The lowest BCUT2D eigenvalue weighted by Gasteiger charge is -2.45. The molecule has 0 radical (unpaired) electrons. The molecule has 1 aliphatic heterocycles. The highest BCUT2D eigenvalue weighted by molar-refractivity contribution is 6.93. The molecule has 0 aromatic heterocycles. The zero-order chi connectivity index (χ0) is 18.1. The van der Waals surface area contributed by atoms with Gasteiger partial charge in [0.25, 0.3) is 0 Å². The Labute approximate surface area is 151 Å². The first kappa shape index (κ1) is 19.5. The molecule has 0 fully saturated rings. The van der Waals surface area contributed by atoms with E-state index in [-0.39, 0.29) is 0 Å². The maximum Gasteiger partial charge on any atom is 0.0914 e. The van der Waals surface area contributed by atoms with Crippen LogP contribution >= 0.6 is 0 Å². The molecule has 1 nitrogen and oxygen atoms in total. The lowest BCUT2D eigenvalue weighted by atomic mass is 9.88. The van der Waals surface area contributed by atoms with Crippen molar-refractivity contribution >= 4 is 13.3 Å². The largest absolute Gasteiger partial charge is 0.305 e. The van der Waals surface area contributed by atoms with E-state index in [1.54, 1.807) is 21.9 Å². The van der Waals surface area contributed by atoms with Gasteiger partial charge in [-0.25, -0.2) is 0 Å². The first-order chi connectivity index (χ1) is 11.0. The lowest BCUT2D eigenvalue weighted by Crippen LogP contribution is -2.53. The van der Waals surface area contributed by atoms with Gasteiger partial charge < -0.3 is 4.90 Å². The lowest BCUT2D eigenvalue weighted by molar-refractivity contribution is 0.359. The van der Waals surface area contributed by atoms with Crippen LogP contribution in [0.4, 0.5) is 0 Å². The number of allylic oxidation sites excluding steroid dienone is 2. The molecule has 0 amide bonds. The third-order valence-electron chi connectivity index (χ3n) is 5.79. The van der Waals surface area contributed by atoms with Gasteiger partial charge in [0.05, 0.1) is 8.07 Å². The molecule has 0 saturated heterocycles. The monoisotopic (exact) mass is 343 g/mol. The van der Waals surface area contributed by atoms with E-state index in [0.29, 0.717) is 5.41 Å². The van der Waals surface area contributed by atoms with Crippen molar-refractivity contribution in [1.29, 1.82) is 0 Å². The van der Waals surface area contributed by atoms with Gasteiger partial charge in [-0.05, 0) is 63.3 Å². The molecule has 2 atom stereocenters. The van der Waals surface area contributed by atoms with Crippen LogP contribution in [0.25, 0.3) is 0 Å². The summed E-state index contributed by atoms with van der Waals surface area (Å²) in [6.45, 7) is 15.7. The molecule has 0 N–H and O–H groups in total. The quantitative estimate of drug-likeness (QED) is 0.509. The highest BCUT2D eigenvalue weighted by atomic mass is 28.3. The van der Waals surface area contributed by atoms with Crippen LogP contribution in [0.15, 0.2) is 35.4 Å². The van der Waals surface area contributed by atoms with Gasteiger partial charge in [0, 0.05) is 6.54 Å². The summed E-state index contributed by atoms with van der Waals surface area (Å²) < 4.78 is 0. The Balaban J connectivity index is 2.50. The summed E-state index contributed by atoms with van der Waals surface area (Å²) in [7, 11) is 2.82. The van der Waals surface area contributed by atoms with Gasteiger partial charge in [-0.3, -0.25) is 0 Å². The van der Waals surface area contributed by atoms with E-state index in [9.17, 15) is 0 Å². The second kappa shape index (κ2) is 7.17. The molecule has 24 heavy (non-hydrogen) atoms. The van der Waals surface area contributed by atoms with Crippen LogP contribution in [0.2, 0.25) is 18.1 Å². The summed E-state index contributed by atoms with van der Waals surface area (Å²) in [5.74, 6) is 0. The van der Waals surface area contributed by atoms with E-state index in [0.717, 1.165) is 12.1 Å². The number of hydrogen-bond acceptors (Lipinski definition) is 1. The minimum absolute atomic E-state index is 0.404. The Morgan fingerprint density at radius 1 is 1.08 bits per heavy atom. The second-order valence-electron chi connectivity index (χ2n) is 9.72. The Morgan fingerprint density at radius 3 is 2.29 bits per heavy atom. The first-order valence-electron chi connectivity index (χ1n) is 9.41.